The second-order valence-electron chi connectivity index (χ2n) is 5.88. The van der Waals surface area contributed by atoms with Gasteiger partial charge in [0.1, 0.15) is 18.2 Å². The van der Waals surface area contributed by atoms with Crippen molar-refractivity contribution >= 4 is 5.82 Å². The van der Waals surface area contributed by atoms with Crippen molar-refractivity contribution in [2.45, 2.75) is 58.2 Å². The van der Waals surface area contributed by atoms with Gasteiger partial charge in [-0.1, -0.05) is 18.0 Å². The van der Waals surface area contributed by atoms with E-state index in [9.17, 15) is 0 Å². The summed E-state index contributed by atoms with van der Waals surface area (Å²) in [4.78, 5) is 13.1. The van der Waals surface area contributed by atoms with E-state index in [0.717, 1.165) is 18.7 Å². The minimum Gasteiger partial charge on any atom is -0.383 e. The van der Waals surface area contributed by atoms with Gasteiger partial charge in [-0.15, -0.1) is 0 Å². The highest BCUT2D eigenvalue weighted by Gasteiger charge is 2.21. The van der Waals surface area contributed by atoms with Gasteiger partial charge >= 0.3 is 0 Å². The number of nitrogen functional groups attached to an aromatic ring is 1. The number of rotatable bonds is 5. The van der Waals surface area contributed by atoms with Gasteiger partial charge in [-0.2, -0.15) is 4.98 Å². The lowest BCUT2D eigenvalue weighted by atomic mass is 10.1. The molecule has 1 saturated carbocycles. The van der Waals surface area contributed by atoms with E-state index in [-0.39, 0.29) is 12.7 Å². The first-order chi connectivity index (χ1) is 10.6. The van der Waals surface area contributed by atoms with Crippen LogP contribution in [0.5, 0.6) is 0 Å². The molecular formula is C15H21N5O2. The zero-order valence-corrected chi connectivity index (χ0v) is 13.0. The summed E-state index contributed by atoms with van der Waals surface area (Å²) in [5.74, 6) is 2.47. The second kappa shape index (κ2) is 6.39. The summed E-state index contributed by atoms with van der Waals surface area (Å²) in [6, 6.07) is 0. The first kappa shape index (κ1) is 14.9. The van der Waals surface area contributed by atoms with E-state index >= 15 is 0 Å². The first-order valence-electron chi connectivity index (χ1n) is 7.70. The van der Waals surface area contributed by atoms with Crippen LogP contribution in [-0.2, 0) is 11.3 Å². The lowest BCUT2D eigenvalue weighted by Crippen LogP contribution is -2.05. The molecule has 0 spiro atoms. The van der Waals surface area contributed by atoms with E-state index in [1.807, 2.05) is 13.8 Å². The first-order valence-corrected chi connectivity index (χ1v) is 7.70. The summed E-state index contributed by atoms with van der Waals surface area (Å²) >= 11 is 0. The zero-order chi connectivity index (χ0) is 15.5. The SMILES string of the molecule is CC(C)OCc1nc(-c2cnc(C3CCCC3)nc2N)no1. The van der Waals surface area contributed by atoms with Crippen molar-refractivity contribution in [3.05, 3.63) is 17.9 Å². The topological polar surface area (TPSA) is 100.0 Å². The van der Waals surface area contributed by atoms with Crippen molar-refractivity contribution in [2.24, 2.45) is 0 Å². The molecule has 1 aliphatic carbocycles. The number of nitrogens with zero attached hydrogens (tertiary/aromatic N) is 4. The minimum absolute atomic E-state index is 0.106. The van der Waals surface area contributed by atoms with Gasteiger partial charge in [0.25, 0.3) is 5.89 Å². The van der Waals surface area contributed by atoms with Crippen LogP contribution in [0.1, 0.15) is 57.2 Å². The van der Waals surface area contributed by atoms with Gasteiger partial charge in [-0.3, -0.25) is 0 Å². The Hall–Kier alpha value is -2.02. The number of aromatic nitrogens is 4. The van der Waals surface area contributed by atoms with E-state index in [2.05, 4.69) is 20.1 Å². The van der Waals surface area contributed by atoms with Crippen LogP contribution in [0.15, 0.2) is 10.7 Å². The average Bonchev–Trinajstić information content (AvgIpc) is 3.16. The summed E-state index contributed by atoms with van der Waals surface area (Å²) in [5.41, 5.74) is 6.65. The molecule has 0 bridgehead atoms. The number of hydrogen-bond donors (Lipinski definition) is 1. The van der Waals surface area contributed by atoms with E-state index in [1.54, 1.807) is 6.20 Å². The third-order valence-corrected chi connectivity index (χ3v) is 3.81. The molecule has 2 heterocycles. The lowest BCUT2D eigenvalue weighted by Gasteiger charge is -2.08. The molecule has 3 rings (SSSR count). The van der Waals surface area contributed by atoms with Gasteiger partial charge in [0.05, 0.1) is 11.7 Å². The summed E-state index contributed by atoms with van der Waals surface area (Å²) in [5, 5.41) is 3.93. The van der Waals surface area contributed by atoms with Crippen molar-refractivity contribution < 1.29 is 9.26 Å². The van der Waals surface area contributed by atoms with Gasteiger partial charge in [-0.05, 0) is 26.7 Å². The van der Waals surface area contributed by atoms with Crippen LogP contribution in [0.3, 0.4) is 0 Å². The fourth-order valence-electron chi connectivity index (χ4n) is 2.62. The van der Waals surface area contributed by atoms with Crippen molar-refractivity contribution in [2.75, 3.05) is 5.73 Å². The molecule has 0 aromatic carbocycles. The van der Waals surface area contributed by atoms with Gasteiger partial charge in [0, 0.05) is 12.1 Å². The van der Waals surface area contributed by atoms with Crippen LogP contribution < -0.4 is 5.73 Å². The monoisotopic (exact) mass is 303 g/mol. The Labute approximate surface area is 129 Å². The largest absolute Gasteiger partial charge is 0.383 e. The number of hydrogen-bond acceptors (Lipinski definition) is 7. The van der Waals surface area contributed by atoms with E-state index in [4.69, 9.17) is 15.0 Å². The molecule has 2 aromatic heterocycles. The van der Waals surface area contributed by atoms with Crippen molar-refractivity contribution in [3.63, 3.8) is 0 Å². The van der Waals surface area contributed by atoms with Gasteiger partial charge in [0.15, 0.2) is 0 Å². The lowest BCUT2D eigenvalue weighted by molar-refractivity contribution is 0.0485. The van der Waals surface area contributed by atoms with E-state index in [1.165, 1.54) is 12.8 Å². The third kappa shape index (κ3) is 3.24. The predicted molar refractivity (Wildman–Crippen MR) is 80.9 cm³/mol. The Bertz CT molecular complexity index is 635. The quantitative estimate of drug-likeness (QED) is 0.906. The van der Waals surface area contributed by atoms with Crippen molar-refractivity contribution in [1.29, 1.82) is 0 Å². The van der Waals surface area contributed by atoms with Gasteiger partial charge < -0.3 is 15.0 Å². The Morgan fingerprint density at radius 3 is 2.77 bits per heavy atom. The Morgan fingerprint density at radius 2 is 2.09 bits per heavy atom. The second-order valence-corrected chi connectivity index (χ2v) is 5.88. The molecule has 0 saturated heterocycles. The molecule has 0 atom stereocenters. The number of nitrogens with two attached hydrogens (primary N) is 1. The number of ether oxygens (including phenoxy) is 1. The number of anilines is 1. The van der Waals surface area contributed by atoms with Crippen molar-refractivity contribution in [1.82, 2.24) is 20.1 Å². The molecule has 1 fully saturated rings. The third-order valence-electron chi connectivity index (χ3n) is 3.81. The maximum absolute atomic E-state index is 6.05. The van der Waals surface area contributed by atoms with E-state index < -0.39 is 0 Å². The summed E-state index contributed by atoms with van der Waals surface area (Å²) in [7, 11) is 0. The van der Waals surface area contributed by atoms with E-state index in [0.29, 0.717) is 29.0 Å². The molecule has 2 N–H and O–H groups in total. The Morgan fingerprint density at radius 1 is 1.32 bits per heavy atom. The van der Waals surface area contributed by atoms with Gasteiger partial charge in [-0.25, -0.2) is 9.97 Å². The molecule has 0 amide bonds. The summed E-state index contributed by atoms with van der Waals surface area (Å²) in [6.07, 6.45) is 6.54. The molecule has 22 heavy (non-hydrogen) atoms. The Kier molecular flexibility index (Phi) is 4.33. The molecule has 7 nitrogen and oxygen atoms in total. The maximum Gasteiger partial charge on any atom is 0.252 e. The summed E-state index contributed by atoms with van der Waals surface area (Å²) < 4.78 is 10.6. The molecule has 1 aliphatic rings. The fourth-order valence-corrected chi connectivity index (χ4v) is 2.62. The zero-order valence-electron chi connectivity index (χ0n) is 13.0. The molecule has 7 heteroatoms. The smallest absolute Gasteiger partial charge is 0.252 e. The van der Waals surface area contributed by atoms with Crippen LogP contribution >= 0.6 is 0 Å². The van der Waals surface area contributed by atoms with Crippen LogP contribution in [0.25, 0.3) is 11.4 Å². The molecule has 0 radical (unpaired) electrons. The van der Waals surface area contributed by atoms with Crippen LogP contribution in [0, 0.1) is 0 Å². The van der Waals surface area contributed by atoms with Crippen LogP contribution in [0.2, 0.25) is 0 Å². The molecule has 0 unspecified atom stereocenters. The van der Waals surface area contributed by atoms with Crippen molar-refractivity contribution in [3.8, 4) is 11.4 Å². The molecule has 118 valence electrons. The maximum atomic E-state index is 6.05. The highest BCUT2D eigenvalue weighted by atomic mass is 16.5. The molecule has 2 aromatic rings. The molecular weight excluding hydrogens is 282 g/mol. The predicted octanol–water partition coefficient (Wildman–Crippen LogP) is 2.69. The minimum atomic E-state index is 0.106. The standard InChI is InChI=1S/C15H21N5O2/c1-9(2)21-8-12-18-15(20-22-12)11-7-17-14(19-13(11)16)10-5-3-4-6-10/h7,9-10H,3-6,8H2,1-2H3,(H2,16,17,19). The fraction of sp³-hybridized carbons (Fsp3) is 0.600. The average molecular weight is 303 g/mol. The molecule has 0 aliphatic heterocycles. The van der Waals surface area contributed by atoms with Gasteiger partial charge in [0.2, 0.25) is 5.82 Å². The van der Waals surface area contributed by atoms with Crippen LogP contribution in [-0.4, -0.2) is 26.2 Å². The summed E-state index contributed by atoms with van der Waals surface area (Å²) in [6.45, 7) is 4.18. The highest BCUT2D eigenvalue weighted by Crippen LogP contribution is 2.33. The Balaban J connectivity index is 1.76. The van der Waals surface area contributed by atoms with Crippen LogP contribution in [0.4, 0.5) is 5.82 Å². The normalized spacial score (nSPS) is 15.8. The highest BCUT2D eigenvalue weighted by molar-refractivity contribution is 5.66.